The van der Waals surface area contributed by atoms with Gasteiger partial charge in [0.25, 0.3) is 11.8 Å². The number of carbonyl (C=O) groups is 2. The van der Waals surface area contributed by atoms with Crippen LogP contribution in [0.1, 0.15) is 36.8 Å². The molecule has 0 N–H and O–H groups in total. The average Bonchev–Trinajstić information content (AvgIpc) is 3.31. The smallest absolute Gasteiger partial charge is 0.261 e. The number of nitrogens with zero attached hydrogens (tertiary/aromatic N) is 4. The number of hydrogen-bond donors (Lipinski definition) is 0. The van der Waals surface area contributed by atoms with Crippen molar-refractivity contribution in [2.75, 3.05) is 68.5 Å². The minimum atomic E-state index is -0.0508. The molecule has 2 aliphatic heterocycles. The van der Waals surface area contributed by atoms with Gasteiger partial charge in [0.15, 0.2) is 0 Å². The topological polar surface area (TPSA) is 40.6 Å². The molecule has 0 atom stereocenters. The van der Waals surface area contributed by atoms with Gasteiger partial charge in [-0.1, -0.05) is 60.7 Å². The van der Waals surface area contributed by atoms with E-state index in [1.165, 1.54) is 0 Å². The second kappa shape index (κ2) is 11.3. The lowest BCUT2D eigenvalue weighted by molar-refractivity contribution is -0.870. The van der Waals surface area contributed by atoms with Gasteiger partial charge in [-0.15, -0.1) is 0 Å². The largest absolute Gasteiger partial charge is 0.331 e. The summed E-state index contributed by atoms with van der Waals surface area (Å²) >= 11 is 0. The molecule has 6 heteroatoms. The second-order valence-electron chi connectivity index (χ2n) is 12.5. The first-order valence-corrected chi connectivity index (χ1v) is 13.8. The Hall–Kier alpha value is -3.22. The molecular formula is C32H44N4O2+2. The Morgan fingerprint density at radius 2 is 0.868 bits per heavy atom. The van der Waals surface area contributed by atoms with Gasteiger partial charge in [-0.2, -0.15) is 0 Å². The normalized spacial score (nSPS) is 16.3. The predicted molar refractivity (Wildman–Crippen MR) is 154 cm³/mol. The Labute approximate surface area is 228 Å². The van der Waals surface area contributed by atoms with Gasteiger partial charge in [-0.25, -0.2) is 0 Å². The standard InChI is InChI=1S/C32H44N4O2/c1-35(2,3)23-15-13-21-33-29(25-17-9-7-10-18-25)27-28(31(33)37)30(26-19-11-8-12-20-26)34(32(27)38)22-14-16-24-36(4,5)6/h7-12,17-20H,13-16,21-24H2,1-6H3/q+2. The number of rotatable bonds is 12. The summed E-state index contributed by atoms with van der Waals surface area (Å²) in [6.07, 6.45) is 3.81. The number of hydrogen-bond acceptors (Lipinski definition) is 2. The molecule has 2 aromatic rings. The number of carbonyl (C=O) groups excluding carboxylic acids is 2. The highest BCUT2D eigenvalue weighted by atomic mass is 16.2. The predicted octanol–water partition coefficient (Wildman–Crippen LogP) is 4.47. The van der Waals surface area contributed by atoms with Crippen molar-refractivity contribution in [3.63, 3.8) is 0 Å². The molecule has 2 aliphatic rings. The molecule has 4 rings (SSSR count). The molecule has 0 bridgehead atoms. The molecule has 0 saturated carbocycles. The highest BCUT2D eigenvalue weighted by Gasteiger charge is 2.48. The van der Waals surface area contributed by atoms with Crippen LogP contribution >= 0.6 is 0 Å². The molecule has 0 radical (unpaired) electrons. The zero-order valence-electron chi connectivity index (χ0n) is 24.0. The second-order valence-corrected chi connectivity index (χ2v) is 12.5. The summed E-state index contributed by atoms with van der Waals surface area (Å²) in [7, 11) is 13.1. The van der Waals surface area contributed by atoms with Crippen molar-refractivity contribution >= 4 is 23.2 Å². The third-order valence-electron chi connectivity index (χ3n) is 7.20. The van der Waals surface area contributed by atoms with E-state index >= 15 is 0 Å². The van der Waals surface area contributed by atoms with Crippen LogP contribution < -0.4 is 0 Å². The summed E-state index contributed by atoms with van der Waals surface area (Å²) in [6, 6.07) is 19.9. The minimum Gasteiger partial charge on any atom is -0.331 e. The van der Waals surface area contributed by atoms with Gasteiger partial charge >= 0.3 is 0 Å². The molecule has 202 valence electrons. The molecule has 0 spiro atoms. The number of fused-ring (bicyclic) bond motifs is 1. The van der Waals surface area contributed by atoms with Gasteiger partial charge in [-0.3, -0.25) is 9.59 Å². The van der Waals surface area contributed by atoms with Crippen LogP contribution in [-0.2, 0) is 9.59 Å². The molecule has 0 fully saturated rings. The lowest BCUT2D eigenvalue weighted by Gasteiger charge is -2.27. The maximum Gasteiger partial charge on any atom is 0.261 e. The van der Waals surface area contributed by atoms with E-state index in [4.69, 9.17) is 0 Å². The lowest BCUT2D eigenvalue weighted by atomic mass is 10.0. The van der Waals surface area contributed by atoms with E-state index in [9.17, 15) is 9.59 Å². The fraction of sp³-hybridized carbons (Fsp3) is 0.438. The minimum absolute atomic E-state index is 0.0508. The van der Waals surface area contributed by atoms with Crippen LogP contribution in [0.25, 0.3) is 11.4 Å². The Kier molecular flexibility index (Phi) is 8.24. The van der Waals surface area contributed by atoms with E-state index in [2.05, 4.69) is 42.3 Å². The van der Waals surface area contributed by atoms with Crippen LogP contribution in [0.3, 0.4) is 0 Å². The number of unbranched alkanes of at least 4 members (excludes halogenated alkanes) is 2. The molecule has 38 heavy (non-hydrogen) atoms. The number of quaternary nitrogens is 2. The molecule has 2 amide bonds. The van der Waals surface area contributed by atoms with Crippen LogP contribution in [-0.4, -0.2) is 99.0 Å². The Morgan fingerprint density at radius 1 is 0.526 bits per heavy atom. The quantitative estimate of drug-likeness (QED) is 0.309. The number of benzene rings is 2. The van der Waals surface area contributed by atoms with E-state index in [-0.39, 0.29) is 11.8 Å². The van der Waals surface area contributed by atoms with Gasteiger partial charge in [0.1, 0.15) is 0 Å². The van der Waals surface area contributed by atoms with Crippen molar-refractivity contribution in [2.45, 2.75) is 25.7 Å². The van der Waals surface area contributed by atoms with E-state index in [1.807, 2.05) is 70.5 Å². The third-order valence-corrected chi connectivity index (χ3v) is 7.20. The van der Waals surface area contributed by atoms with Crippen LogP contribution in [0.15, 0.2) is 71.8 Å². The van der Waals surface area contributed by atoms with Gasteiger partial charge in [0.05, 0.1) is 77.9 Å². The maximum atomic E-state index is 14.1. The Balaban J connectivity index is 1.73. The summed E-state index contributed by atoms with van der Waals surface area (Å²) in [6.45, 7) is 3.29. The van der Waals surface area contributed by atoms with Crippen molar-refractivity contribution in [3.05, 3.63) is 82.9 Å². The van der Waals surface area contributed by atoms with E-state index in [1.54, 1.807) is 0 Å². The van der Waals surface area contributed by atoms with Crippen LogP contribution in [0, 0.1) is 0 Å². The number of amides is 2. The summed E-state index contributed by atoms with van der Waals surface area (Å²) < 4.78 is 1.79. The average molecular weight is 517 g/mol. The Bertz CT molecular complexity index is 1120. The van der Waals surface area contributed by atoms with E-state index < -0.39 is 0 Å². The van der Waals surface area contributed by atoms with Crippen molar-refractivity contribution in [2.24, 2.45) is 0 Å². The summed E-state index contributed by atoms with van der Waals surface area (Å²) in [5, 5.41) is 0. The molecule has 2 heterocycles. The SMILES string of the molecule is C[N+](C)(C)CCCCN1C(=O)C2=C(c3ccccc3)N(CCCC[N+](C)(C)C)C(=O)C2=C1c1ccccc1. The fourth-order valence-electron chi connectivity index (χ4n) is 5.33. The van der Waals surface area contributed by atoms with Gasteiger partial charge in [0.2, 0.25) is 0 Å². The van der Waals surface area contributed by atoms with Gasteiger partial charge in [-0.05, 0) is 36.8 Å². The van der Waals surface area contributed by atoms with Crippen molar-refractivity contribution in [1.82, 2.24) is 9.80 Å². The van der Waals surface area contributed by atoms with Crippen LogP contribution in [0.5, 0.6) is 0 Å². The first kappa shape index (κ1) is 27.8. The van der Waals surface area contributed by atoms with Crippen LogP contribution in [0.2, 0.25) is 0 Å². The summed E-state index contributed by atoms with van der Waals surface area (Å²) in [5.41, 5.74) is 4.51. The molecule has 0 aromatic heterocycles. The molecule has 6 nitrogen and oxygen atoms in total. The third kappa shape index (κ3) is 6.25. The Morgan fingerprint density at radius 3 is 1.18 bits per heavy atom. The maximum absolute atomic E-state index is 14.1. The summed E-state index contributed by atoms with van der Waals surface area (Å²) in [5.74, 6) is -0.102. The monoisotopic (exact) mass is 516 g/mol. The molecule has 0 aliphatic carbocycles. The van der Waals surface area contributed by atoms with Crippen LogP contribution in [0.4, 0.5) is 0 Å². The summed E-state index contributed by atoms with van der Waals surface area (Å²) in [4.78, 5) is 32.0. The van der Waals surface area contributed by atoms with Crippen molar-refractivity contribution < 1.29 is 18.6 Å². The van der Waals surface area contributed by atoms with Gasteiger partial charge in [0, 0.05) is 13.1 Å². The lowest BCUT2D eigenvalue weighted by Crippen LogP contribution is -2.36. The fourth-order valence-corrected chi connectivity index (χ4v) is 5.33. The van der Waals surface area contributed by atoms with E-state index in [0.29, 0.717) is 24.2 Å². The van der Waals surface area contributed by atoms with Crippen molar-refractivity contribution in [3.8, 4) is 0 Å². The molecular weight excluding hydrogens is 472 g/mol. The molecule has 0 saturated heterocycles. The zero-order chi connectivity index (χ0) is 27.5. The van der Waals surface area contributed by atoms with Gasteiger partial charge < -0.3 is 18.8 Å². The first-order chi connectivity index (χ1) is 18.0. The first-order valence-electron chi connectivity index (χ1n) is 13.8. The molecule has 0 unspecified atom stereocenters. The van der Waals surface area contributed by atoms with E-state index in [0.717, 1.165) is 70.3 Å². The zero-order valence-corrected chi connectivity index (χ0v) is 24.0. The highest BCUT2D eigenvalue weighted by molar-refractivity contribution is 6.30. The highest BCUT2D eigenvalue weighted by Crippen LogP contribution is 2.46. The molecule has 2 aromatic carbocycles. The van der Waals surface area contributed by atoms with Crippen molar-refractivity contribution in [1.29, 1.82) is 0 Å².